The Morgan fingerprint density at radius 2 is 1.78 bits per heavy atom. The van der Waals surface area contributed by atoms with Crippen LogP contribution in [0.1, 0.15) is 75.2 Å². The number of aliphatic hydroxyl groups excluding tert-OH is 1. The quantitative estimate of drug-likeness (QED) is 0.278. The number of hydrogen-bond acceptors (Lipinski definition) is 8. The van der Waals surface area contributed by atoms with Crippen LogP contribution in [0.25, 0.3) is 0 Å². The number of hydrogen-bond donors (Lipinski definition) is 3. The third kappa shape index (κ3) is 9.05. The van der Waals surface area contributed by atoms with Crippen LogP contribution in [-0.2, 0) is 20.9 Å². The number of rotatable bonds is 13. The van der Waals surface area contributed by atoms with Crippen LogP contribution < -0.4 is 20.1 Å². The molecule has 3 aliphatic heterocycles. The molecule has 5 rings (SSSR count). The van der Waals surface area contributed by atoms with E-state index in [1.807, 2.05) is 38.1 Å². The average molecular weight is 701 g/mol. The second-order valence-corrected chi connectivity index (χ2v) is 13.8. The van der Waals surface area contributed by atoms with Crippen molar-refractivity contribution in [1.82, 2.24) is 20.4 Å². The first kappa shape index (κ1) is 38.4. The maximum absolute atomic E-state index is 13.9. The highest BCUT2D eigenvalue weighted by Crippen LogP contribution is 2.36. The Morgan fingerprint density at radius 1 is 1.08 bits per heavy atom. The van der Waals surface area contributed by atoms with Crippen molar-refractivity contribution in [3.8, 4) is 17.2 Å². The number of piperazine rings is 1. The van der Waals surface area contributed by atoms with Crippen molar-refractivity contribution in [3.63, 3.8) is 0 Å². The fourth-order valence-corrected chi connectivity index (χ4v) is 6.96. The fourth-order valence-electron chi connectivity index (χ4n) is 6.96. The molecule has 2 aromatic carbocycles. The van der Waals surface area contributed by atoms with Gasteiger partial charge in [0, 0.05) is 51.5 Å². The molecule has 3 heterocycles. The van der Waals surface area contributed by atoms with Crippen LogP contribution in [0.3, 0.4) is 0 Å². The van der Waals surface area contributed by atoms with Crippen LogP contribution in [0.2, 0.25) is 0 Å². The van der Waals surface area contributed by atoms with E-state index in [1.165, 1.54) is 0 Å². The Kier molecular flexibility index (Phi) is 13.7. The largest absolute Gasteiger partial charge is 0.493 e. The monoisotopic (exact) mass is 700 g/mol. The summed E-state index contributed by atoms with van der Waals surface area (Å²) < 4.78 is 17.1. The van der Waals surface area contributed by atoms with Gasteiger partial charge in [-0.1, -0.05) is 39.3 Å². The molecule has 0 bridgehead atoms. The Morgan fingerprint density at radius 3 is 2.41 bits per heavy atom. The standard InChI is InChI=1S/C37H52N4O7.ClH/c1-5-6-17-41-35(44)32(33(42)27-13-20-47-21-14-27)39-36(45)37(41)15-18-40(19-16-37)24-26-7-10-29(11-8-26)48-30-12-9-28(22-31(30)46-4)34(43)38-23-25(2)3;/h7-12,22,25,27,32-33,42H,5-6,13-21,23-24H2,1-4H3,(H,38,43)(H,39,45);1H/t32-,33-;/m1./s1. The number of ether oxygens (including phenoxy) is 3. The van der Waals surface area contributed by atoms with E-state index in [2.05, 4.69) is 22.5 Å². The number of carbonyl (C=O) groups excluding carboxylic acids is 3. The van der Waals surface area contributed by atoms with Crippen LogP contribution in [-0.4, -0.2) is 96.8 Å². The maximum Gasteiger partial charge on any atom is 0.251 e. The zero-order valence-electron chi connectivity index (χ0n) is 29.2. The smallest absolute Gasteiger partial charge is 0.251 e. The van der Waals surface area contributed by atoms with Crippen LogP contribution in [0.5, 0.6) is 17.2 Å². The molecule has 1 spiro atoms. The van der Waals surface area contributed by atoms with Crippen molar-refractivity contribution < 1.29 is 33.7 Å². The van der Waals surface area contributed by atoms with E-state index in [9.17, 15) is 19.5 Å². The molecule has 3 N–H and O–H groups in total. The Balaban J connectivity index is 0.00000541. The molecule has 11 nitrogen and oxygen atoms in total. The summed E-state index contributed by atoms with van der Waals surface area (Å²) in [7, 11) is 1.55. The normalized spacial score (nSPS) is 20.4. The fraction of sp³-hybridized carbons (Fsp3) is 0.595. The molecule has 2 aromatic rings. The SMILES string of the molecule is CCCCN1C(=O)[C@@H]([C@H](O)C2CCOCC2)NC(=O)C12CCN(Cc1ccc(Oc3ccc(C(=O)NCC(C)C)cc3OC)cc1)CC2.Cl. The highest BCUT2D eigenvalue weighted by molar-refractivity contribution is 6.00. The summed E-state index contributed by atoms with van der Waals surface area (Å²) in [5.41, 5.74) is 0.722. The Hall–Kier alpha value is -3.38. The number of amides is 3. The molecule has 0 unspecified atom stereocenters. The zero-order valence-corrected chi connectivity index (χ0v) is 30.1. The van der Waals surface area contributed by atoms with Crippen molar-refractivity contribution in [2.45, 2.75) is 83.5 Å². The number of unbranched alkanes of at least 4 members (excludes halogenated alkanes) is 1. The molecule has 0 saturated carbocycles. The summed E-state index contributed by atoms with van der Waals surface area (Å²) in [6, 6.07) is 12.1. The van der Waals surface area contributed by atoms with Crippen molar-refractivity contribution in [1.29, 1.82) is 0 Å². The second kappa shape index (κ2) is 17.5. The van der Waals surface area contributed by atoms with Gasteiger partial charge >= 0.3 is 0 Å². The summed E-state index contributed by atoms with van der Waals surface area (Å²) in [6.45, 7) is 10.5. The van der Waals surface area contributed by atoms with Crippen molar-refractivity contribution >= 4 is 30.1 Å². The number of aliphatic hydroxyl groups is 1. The summed E-state index contributed by atoms with van der Waals surface area (Å²) in [5, 5.41) is 17.0. The molecule has 3 amide bonds. The lowest BCUT2D eigenvalue weighted by atomic mass is 9.79. The minimum atomic E-state index is -0.916. The number of nitrogens with one attached hydrogen (secondary N) is 2. The van der Waals surface area contributed by atoms with Crippen LogP contribution in [0.4, 0.5) is 0 Å². The molecular weight excluding hydrogens is 648 g/mol. The Bertz CT molecular complexity index is 1410. The van der Waals surface area contributed by atoms with Crippen molar-refractivity contribution in [2.75, 3.05) is 46.5 Å². The summed E-state index contributed by atoms with van der Waals surface area (Å²) in [4.78, 5) is 44.3. The van der Waals surface area contributed by atoms with Gasteiger partial charge < -0.3 is 34.9 Å². The number of methoxy groups -OCH3 is 1. The van der Waals surface area contributed by atoms with E-state index >= 15 is 0 Å². The molecule has 270 valence electrons. The predicted octanol–water partition coefficient (Wildman–Crippen LogP) is 4.54. The summed E-state index contributed by atoms with van der Waals surface area (Å²) in [5.74, 6) is 1.47. The molecule has 3 saturated heterocycles. The van der Waals surface area contributed by atoms with Gasteiger partial charge in [0.15, 0.2) is 11.5 Å². The molecule has 2 atom stereocenters. The van der Waals surface area contributed by atoms with Crippen LogP contribution >= 0.6 is 12.4 Å². The minimum absolute atomic E-state index is 0. The average Bonchev–Trinajstić information content (AvgIpc) is 3.10. The topological polar surface area (TPSA) is 130 Å². The van der Waals surface area contributed by atoms with Gasteiger partial charge in [-0.3, -0.25) is 19.3 Å². The molecule has 3 fully saturated rings. The first-order valence-corrected chi connectivity index (χ1v) is 17.5. The molecule has 12 heteroatoms. The maximum atomic E-state index is 13.9. The van der Waals surface area contributed by atoms with Gasteiger partial charge in [0.2, 0.25) is 11.8 Å². The first-order chi connectivity index (χ1) is 23.1. The van der Waals surface area contributed by atoms with Gasteiger partial charge in [0.25, 0.3) is 5.91 Å². The van der Waals surface area contributed by atoms with Gasteiger partial charge in [-0.05, 0) is 79.8 Å². The van der Waals surface area contributed by atoms with Gasteiger partial charge in [-0.25, -0.2) is 0 Å². The van der Waals surface area contributed by atoms with Gasteiger partial charge in [0.05, 0.1) is 13.2 Å². The third-order valence-electron chi connectivity index (χ3n) is 9.92. The van der Waals surface area contributed by atoms with Gasteiger partial charge in [-0.2, -0.15) is 0 Å². The number of halogens is 1. The number of carbonyl (C=O) groups is 3. The van der Waals surface area contributed by atoms with E-state index in [4.69, 9.17) is 14.2 Å². The van der Waals surface area contributed by atoms with E-state index in [1.54, 1.807) is 30.2 Å². The van der Waals surface area contributed by atoms with E-state index in [-0.39, 0.29) is 36.0 Å². The molecule has 0 aromatic heterocycles. The number of likely N-dealkylation sites (tertiary alicyclic amines) is 1. The van der Waals surface area contributed by atoms with Crippen molar-refractivity contribution in [3.05, 3.63) is 53.6 Å². The molecule has 0 radical (unpaired) electrons. The zero-order chi connectivity index (χ0) is 34.3. The number of piperidine rings is 1. The van der Waals surface area contributed by atoms with Crippen LogP contribution in [0.15, 0.2) is 42.5 Å². The summed E-state index contributed by atoms with van der Waals surface area (Å²) >= 11 is 0. The molecular formula is C37H53ClN4O7. The van der Waals surface area contributed by atoms with E-state index in [0.717, 1.165) is 18.4 Å². The summed E-state index contributed by atoms with van der Waals surface area (Å²) in [6.07, 6.45) is 3.25. The minimum Gasteiger partial charge on any atom is -0.493 e. The van der Waals surface area contributed by atoms with E-state index in [0.29, 0.717) is 100 Å². The third-order valence-corrected chi connectivity index (χ3v) is 9.92. The lowest BCUT2D eigenvalue weighted by molar-refractivity contribution is -0.166. The van der Waals surface area contributed by atoms with Crippen LogP contribution in [0, 0.1) is 11.8 Å². The lowest BCUT2D eigenvalue weighted by Crippen LogP contribution is -2.75. The predicted molar refractivity (Wildman–Crippen MR) is 189 cm³/mol. The van der Waals surface area contributed by atoms with Gasteiger partial charge in [0.1, 0.15) is 17.3 Å². The highest BCUT2D eigenvalue weighted by atomic mass is 35.5. The first-order valence-electron chi connectivity index (χ1n) is 17.5. The molecule has 0 aliphatic carbocycles. The molecule has 3 aliphatic rings. The van der Waals surface area contributed by atoms with Gasteiger partial charge in [-0.15, -0.1) is 12.4 Å². The number of nitrogens with zero attached hydrogens (tertiary/aromatic N) is 2. The van der Waals surface area contributed by atoms with E-state index < -0.39 is 17.7 Å². The lowest BCUT2D eigenvalue weighted by Gasteiger charge is -2.52. The molecule has 49 heavy (non-hydrogen) atoms. The number of benzene rings is 2. The van der Waals surface area contributed by atoms with Crippen molar-refractivity contribution in [2.24, 2.45) is 11.8 Å². The highest BCUT2D eigenvalue weighted by Gasteiger charge is 2.55. The Labute approximate surface area is 296 Å². The second-order valence-electron chi connectivity index (χ2n) is 13.8.